The molecule has 28 heavy (non-hydrogen) atoms. The van der Waals surface area contributed by atoms with Crippen molar-refractivity contribution in [1.82, 2.24) is 10.2 Å². The first-order valence-electron chi connectivity index (χ1n) is 9.35. The van der Waals surface area contributed by atoms with Crippen LogP contribution in [0.4, 0.5) is 4.79 Å². The summed E-state index contributed by atoms with van der Waals surface area (Å²) in [4.78, 5) is 50.4. The molecule has 2 aliphatic rings. The van der Waals surface area contributed by atoms with Gasteiger partial charge in [-0.05, 0) is 30.9 Å². The summed E-state index contributed by atoms with van der Waals surface area (Å²) in [6, 6.07) is 6.01. The second-order valence-electron chi connectivity index (χ2n) is 7.22. The third-order valence-corrected chi connectivity index (χ3v) is 5.56. The number of carbonyl (C=O) groups is 4. The van der Waals surface area contributed by atoms with Gasteiger partial charge in [0.2, 0.25) is 5.78 Å². The van der Waals surface area contributed by atoms with Crippen LogP contribution in [-0.2, 0) is 14.3 Å². The third-order valence-electron chi connectivity index (χ3n) is 5.56. The minimum absolute atomic E-state index is 0.00541. The molecule has 8 heteroatoms. The smallest absolute Gasteiger partial charge is 0.326 e. The van der Waals surface area contributed by atoms with Crippen LogP contribution in [-0.4, -0.2) is 54.4 Å². The highest BCUT2D eigenvalue weighted by molar-refractivity contribution is 6.09. The molecule has 1 saturated carbocycles. The molecule has 1 aliphatic carbocycles. The van der Waals surface area contributed by atoms with Gasteiger partial charge >= 0.3 is 12.0 Å². The number of benzene rings is 1. The molecule has 0 unspecified atom stereocenters. The van der Waals surface area contributed by atoms with E-state index in [-0.39, 0.29) is 5.92 Å². The zero-order chi connectivity index (χ0) is 20.3. The molecule has 2 fully saturated rings. The Hall–Kier alpha value is -2.90. The Morgan fingerprint density at radius 3 is 2.71 bits per heavy atom. The van der Waals surface area contributed by atoms with E-state index in [1.54, 1.807) is 24.3 Å². The number of carbonyl (C=O) groups excluding carboxylic acids is 4. The number of methoxy groups -OCH3 is 1. The van der Waals surface area contributed by atoms with Gasteiger partial charge in [-0.15, -0.1) is 0 Å². The fourth-order valence-electron chi connectivity index (χ4n) is 3.91. The summed E-state index contributed by atoms with van der Waals surface area (Å²) in [7, 11) is 1.44. The molecule has 150 valence electrons. The van der Waals surface area contributed by atoms with Gasteiger partial charge in [0.05, 0.1) is 12.7 Å². The van der Waals surface area contributed by atoms with Gasteiger partial charge in [-0.3, -0.25) is 19.3 Å². The molecule has 1 aromatic rings. The summed E-state index contributed by atoms with van der Waals surface area (Å²) in [6.45, 7) is 0.924. The average molecular weight is 388 g/mol. The molecule has 1 saturated heterocycles. The number of hydrogen-bond donors (Lipinski definition) is 1. The first-order chi connectivity index (χ1) is 13.4. The van der Waals surface area contributed by atoms with Gasteiger partial charge in [0.25, 0.3) is 5.91 Å². The third kappa shape index (κ3) is 3.58. The van der Waals surface area contributed by atoms with Crippen LogP contribution < -0.4 is 10.1 Å². The first-order valence-corrected chi connectivity index (χ1v) is 9.35. The van der Waals surface area contributed by atoms with Gasteiger partial charge in [0.15, 0.2) is 6.61 Å². The zero-order valence-corrected chi connectivity index (χ0v) is 16.0. The van der Waals surface area contributed by atoms with Crippen molar-refractivity contribution in [3.05, 3.63) is 29.8 Å². The van der Waals surface area contributed by atoms with Crippen molar-refractivity contribution in [2.45, 2.75) is 38.1 Å². The molecule has 2 atom stereocenters. The lowest BCUT2D eigenvalue weighted by Crippen LogP contribution is -2.54. The Balaban J connectivity index is 1.60. The quantitative estimate of drug-likeness (QED) is 0.454. The molecule has 1 N–H and O–H groups in total. The minimum atomic E-state index is -0.928. The number of rotatable bonds is 6. The maximum atomic E-state index is 12.8. The molecule has 1 aromatic carbocycles. The van der Waals surface area contributed by atoms with Gasteiger partial charge in [-0.1, -0.05) is 31.9 Å². The molecule has 0 aromatic heterocycles. The van der Waals surface area contributed by atoms with Crippen LogP contribution >= 0.6 is 0 Å². The maximum Gasteiger partial charge on any atom is 0.326 e. The molecule has 3 rings (SSSR count). The SMILES string of the molecule is COc1ccccc1C(=O)COC(=O)CN1C(=O)N[C@]2(CCCC[C@H]2C)C1=O. The van der Waals surface area contributed by atoms with Crippen LogP contribution in [0.1, 0.15) is 43.0 Å². The Labute approximate surface area is 163 Å². The highest BCUT2D eigenvalue weighted by atomic mass is 16.5. The second kappa shape index (κ2) is 8.00. The first kappa shape index (κ1) is 19.9. The number of nitrogens with one attached hydrogen (secondary N) is 1. The van der Waals surface area contributed by atoms with E-state index in [2.05, 4.69) is 5.32 Å². The molecule has 1 aliphatic heterocycles. The molecule has 1 heterocycles. The lowest BCUT2D eigenvalue weighted by Gasteiger charge is -2.36. The summed E-state index contributed by atoms with van der Waals surface area (Å²) >= 11 is 0. The van der Waals surface area contributed by atoms with Crippen molar-refractivity contribution in [2.24, 2.45) is 5.92 Å². The van der Waals surface area contributed by atoms with Crippen LogP contribution in [0.15, 0.2) is 24.3 Å². The van der Waals surface area contributed by atoms with E-state index in [9.17, 15) is 19.2 Å². The normalized spacial score (nSPS) is 24.2. The lowest BCUT2D eigenvalue weighted by atomic mass is 9.73. The molecule has 0 radical (unpaired) electrons. The Kier molecular flexibility index (Phi) is 5.67. The summed E-state index contributed by atoms with van der Waals surface area (Å²) in [5.41, 5.74) is -0.634. The van der Waals surface area contributed by atoms with Crippen molar-refractivity contribution in [1.29, 1.82) is 0 Å². The summed E-state index contributed by atoms with van der Waals surface area (Å²) < 4.78 is 10.1. The topological polar surface area (TPSA) is 102 Å². The van der Waals surface area contributed by atoms with Crippen molar-refractivity contribution in [2.75, 3.05) is 20.3 Å². The molecule has 0 bridgehead atoms. The number of nitrogens with zero attached hydrogens (tertiary/aromatic N) is 1. The Bertz CT molecular complexity index is 808. The fourth-order valence-corrected chi connectivity index (χ4v) is 3.91. The predicted molar refractivity (Wildman–Crippen MR) is 98.9 cm³/mol. The fraction of sp³-hybridized carbons (Fsp3) is 0.500. The van der Waals surface area contributed by atoms with Gasteiger partial charge in [0.1, 0.15) is 17.8 Å². The van der Waals surface area contributed by atoms with Crippen molar-refractivity contribution < 1.29 is 28.7 Å². The van der Waals surface area contributed by atoms with Crippen molar-refractivity contribution >= 4 is 23.7 Å². The number of amides is 3. The highest BCUT2D eigenvalue weighted by Crippen LogP contribution is 2.38. The maximum absolute atomic E-state index is 12.8. The second-order valence-corrected chi connectivity index (χ2v) is 7.22. The van der Waals surface area contributed by atoms with Crippen LogP contribution in [0.25, 0.3) is 0 Å². The van der Waals surface area contributed by atoms with Gasteiger partial charge in [-0.25, -0.2) is 4.79 Å². The highest BCUT2D eigenvalue weighted by Gasteiger charge is 2.55. The minimum Gasteiger partial charge on any atom is -0.496 e. The predicted octanol–water partition coefficient (Wildman–Crippen LogP) is 1.92. The number of Topliss-reactive ketones (excluding diaryl/α,β-unsaturated/α-hetero) is 1. The largest absolute Gasteiger partial charge is 0.496 e. The number of esters is 1. The monoisotopic (exact) mass is 388 g/mol. The van der Waals surface area contributed by atoms with E-state index in [4.69, 9.17) is 9.47 Å². The number of ether oxygens (including phenoxy) is 2. The molecular weight excluding hydrogens is 364 g/mol. The Morgan fingerprint density at radius 1 is 1.25 bits per heavy atom. The molecule has 8 nitrogen and oxygen atoms in total. The number of hydrogen-bond acceptors (Lipinski definition) is 6. The van der Waals surface area contributed by atoms with Crippen LogP contribution in [0, 0.1) is 5.92 Å². The van der Waals surface area contributed by atoms with E-state index in [1.165, 1.54) is 7.11 Å². The molecular formula is C20H24N2O6. The molecule has 3 amide bonds. The van der Waals surface area contributed by atoms with Gasteiger partial charge in [0, 0.05) is 0 Å². The molecule has 1 spiro atoms. The van der Waals surface area contributed by atoms with Gasteiger partial charge in [-0.2, -0.15) is 0 Å². The van der Waals surface area contributed by atoms with E-state index >= 15 is 0 Å². The van der Waals surface area contributed by atoms with Crippen LogP contribution in [0.2, 0.25) is 0 Å². The number of para-hydroxylation sites is 1. The van der Waals surface area contributed by atoms with E-state index in [1.807, 2.05) is 6.92 Å². The average Bonchev–Trinajstić information content (AvgIpc) is 2.93. The van der Waals surface area contributed by atoms with Crippen molar-refractivity contribution in [3.8, 4) is 5.75 Å². The van der Waals surface area contributed by atoms with Crippen LogP contribution in [0.3, 0.4) is 0 Å². The summed E-state index contributed by atoms with van der Waals surface area (Å²) in [5.74, 6) is -1.25. The zero-order valence-electron chi connectivity index (χ0n) is 16.0. The summed E-state index contributed by atoms with van der Waals surface area (Å²) in [5, 5.41) is 2.78. The number of imide groups is 1. The number of ketones is 1. The summed E-state index contributed by atoms with van der Waals surface area (Å²) in [6.07, 6.45) is 3.27. The van der Waals surface area contributed by atoms with E-state index in [0.717, 1.165) is 24.2 Å². The van der Waals surface area contributed by atoms with Crippen LogP contribution in [0.5, 0.6) is 5.75 Å². The standard InChI is InChI=1S/C20H24N2O6/c1-13-7-5-6-10-20(13)18(25)22(19(26)21-20)11-17(24)28-12-15(23)14-8-3-4-9-16(14)27-2/h3-4,8-9,13H,5-7,10-12H2,1-2H3,(H,21,26)/t13-,20+/m1/s1. The van der Waals surface area contributed by atoms with Crippen molar-refractivity contribution in [3.63, 3.8) is 0 Å². The number of urea groups is 1. The van der Waals surface area contributed by atoms with E-state index in [0.29, 0.717) is 17.7 Å². The van der Waals surface area contributed by atoms with E-state index < -0.39 is 42.4 Å². The Morgan fingerprint density at radius 2 is 2.00 bits per heavy atom. The lowest BCUT2D eigenvalue weighted by molar-refractivity contribution is -0.147. The van der Waals surface area contributed by atoms with Gasteiger partial charge < -0.3 is 14.8 Å².